The molecule has 0 bridgehead atoms. The van der Waals surface area contributed by atoms with E-state index >= 15 is 0 Å². The van der Waals surface area contributed by atoms with Crippen molar-refractivity contribution < 1.29 is 14.3 Å². The first kappa shape index (κ1) is 16.8. The van der Waals surface area contributed by atoms with Crippen LogP contribution in [0.4, 0.5) is 5.95 Å². The van der Waals surface area contributed by atoms with E-state index in [0.29, 0.717) is 19.0 Å². The third-order valence-corrected chi connectivity index (χ3v) is 3.93. The van der Waals surface area contributed by atoms with Crippen LogP contribution in [0.5, 0.6) is 11.5 Å². The van der Waals surface area contributed by atoms with Crippen molar-refractivity contribution >= 4 is 11.9 Å². The monoisotopic (exact) mass is 363 g/mol. The number of carbonyl (C=O) groups is 1. The Morgan fingerprint density at radius 2 is 1.93 bits per heavy atom. The van der Waals surface area contributed by atoms with Crippen LogP contribution in [0.15, 0.2) is 54.9 Å². The Balaban J connectivity index is 1.36. The van der Waals surface area contributed by atoms with Crippen LogP contribution in [0.25, 0.3) is 0 Å². The zero-order chi connectivity index (χ0) is 18.5. The summed E-state index contributed by atoms with van der Waals surface area (Å²) in [6.07, 6.45) is 3.23. The third-order valence-electron chi connectivity index (χ3n) is 3.93. The molecule has 8 nitrogen and oxygen atoms in total. The van der Waals surface area contributed by atoms with Gasteiger partial charge in [0.1, 0.15) is 5.69 Å². The number of amides is 1. The van der Waals surface area contributed by atoms with Gasteiger partial charge >= 0.3 is 0 Å². The van der Waals surface area contributed by atoms with Crippen LogP contribution >= 0.6 is 0 Å². The van der Waals surface area contributed by atoms with Crippen LogP contribution in [0.1, 0.15) is 21.7 Å². The summed E-state index contributed by atoms with van der Waals surface area (Å²) < 4.78 is 10.7. The molecule has 0 saturated heterocycles. The molecule has 1 aliphatic heterocycles. The lowest BCUT2D eigenvalue weighted by atomic mass is 10.2. The molecule has 3 aromatic rings. The van der Waals surface area contributed by atoms with Crippen molar-refractivity contribution in [2.45, 2.75) is 13.1 Å². The molecule has 0 aliphatic carbocycles. The lowest BCUT2D eigenvalue weighted by Gasteiger charge is -2.08. The third kappa shape index (κ3) is 4.12. The van der Waals surface area contributed by atoms with Crippen LogP contribution in [0, 0.1) is 0 Å². The van der Waals surface area contributed by atoms with E-state index in [1.54, 1.807) is 18.5 Å². The van der Waals surface area contributed by atoms with Crippen molar-refractivity contribution in [3.8, 4) is 11.5 Å². The second-order valence-corrected chi connectivity index (χ2v) is 5.81. The van der Waals surface area contributed by atoms with E-state index in [1.807, 2.05) is 36.4 Å². The van der Waals surface area contributed by atoms with E-state index in [0.717, 1.165) is 22.8 Å². The summed E-state index contributed by atoms with van der Waals surface area (Å²) in [4.78, 5) is 24.9. The maximum Gasteiger partial charge on any atom is 0.270 e. The van der Waals surface area contributed by atoms with Gasteiger partial charge in [0.05, 0.1) is 12.2 Å². The molecule has 1 aromatic carbocycles. The second kappa shape index (κ2) is 7.69. The van der Waals surface area contributed by atoms with Gasteiger partial charge in [-0.25, -0.2) is 9.97 Å². The van der Waals surface area contributed by atoms with Gasteiger partial charge in [-0.15, -0.1) is 0 Å². The topological polar surface area (TPSA) is 98.3 Å². The first-order valence-corrected chi connectivity index (χ1v) is 8.41. The summed E-state index contributed by atoms with van der Waals surface area (Å²) in [5.74, 6) is 1.55. The molecule has 1 amide bonds. The lowest BCUT2D eigenvalue weighted by molar-refractivity contribution is 0.0945. The fourth-order valence-corrected chi connectivity index (χ4v) is 2.57. The Labute approximate surface area is 155 Å². The highest BCUT2D eigenvalue weighted by Gasteiger charge is 2.13. The number of nitrogens with one attached hydrogen (secondary N) is 2. The minimum absolute atomic E-state index is 0.241. The van der Waals surface area contributed by atoms with Gasteiger partial charge in [0.2, 0.25) is 12.7 Å². The van der Waals surface area contributed by atoms with E-state index in [4.69, 9.17) is 9.47 Å². The molecule has 4 rings (SSSR count). The number of hydrogen-bond donors (Lipinski definition) is 2. The van der Waals surface area contributed by atoms with Crippen LogP contribution in [0.2, 0.25) is 0 Å². The SMILES string of the molecule is O=C(NCc1ccccn1)c1ccnc(NCc2ccc3c(c2)OCO3)n1. The average molecular weight is 363 g/mol. The molecule has 136 valence electrons. The molecule has 2 N–H and O–H groups in total. The molecule has 0 saturated carbocycles. The van der Waals surface area contributed by atoms with Crippen molar-refractivity contribution in [1.29, 1.82) is 0 Å². The highest BCUT2D eigenvalue weighted by molar-refractivity contribution is 5.92. The van der Waals surface area contributed by atoms with Crippen LogP contribution < -0.4 is 20.1 Å². The summed E-state index contributed by atoms with van der Waals surface area (Å²) in [6, 6.07) is 12.8. The van der Waals surface area contributed by atoms with E-state index < -0.39 is 0 Å². The summed E-state index contributed by atoms with van der Waals surface area (Å²) in [6.45, 7) is 1.07. The standard InChI is InChI=1S/C19H17N5O3/c25-18(22-11-14-3-1-2-7-20-14)15-6-8-21-19(24-15)23-10-13-4-5-16-17(9-13)27-12-26-16/h1-9H,10-12H2,(H,22,25)(H,21,23,24). The average Bonchev–Trinajstić information content (AvgIpc) is 3.19. The molecule has 0 spiro atoms. The van der Waals surface area contributed by atoms with Gasteiger partial charge in [0, 0.05) is 18.9 Å². The van der Waals surface area contributed by atoms with Gasteiger partial charge in [-0.2, -0.15) is 0 Å². The van der Waals surface area contributed by atoms with Crippen LogP contribution in [-0.4, -0.2) is 27.7 Å². The van der Waals surface area contributed by atoms with Crippen LogP contribution in [-0.2, 0) is 13.1 Å². The number of rotatable bonds is 6. The fraction of sp³-hybridized carbons (Fsp3) is 0.158. The second-order valence-electron chi connectivity index (χ2n) is 5.81. The van der Waals surface area contributed by atoms with Gasteiger partial charge in [-0.05, 0) is 35.9 Å². The Bertz CT molecular complexity index is 949. The minimum atomic E-state index is -0.283. The maximum atomic E-state index is 12.3. The number of aromatic nitrogens is 3. The minimum Gasteiger partial charge on any atom is -0.454 e. The zero-order valence-electron chi connectivity index (χ0n) is 14.4. The largest absolute Gasteiger partial charge is 0.454 e. The maximum absolute atomic E-state index is 12.3. The Morgan fingerprint density at radius 3 is 2.81 bits per heavy atom. The summed E-state index contributed by atoms with van der Waals surface area (Å²) >= 11 is 0. The number of carbonyl (C=O) groups excluding carboxylic acids is 1. The molecule has 27 heavy (non-hydrogen) atoms. The van der Waals surface area contributed by atoms with Gasteiger partial charge in [-0.1, -0.05) is 12.1 Å². The van der Waals surface area contributed by atoms with Crippen molar-refractivity contribution in [3.05, 3.63) is 71.8 Å². The molecule has 0 atom stereocenters. The Kier molecular flexibility index (Phi) is 4.78. The number of anilines is 1. The van der Waals surface area contributed by atoms with Gasteiger partial charge < -0.3 is 20.1 Å². The molecule has 1 aliphatic rings. The Hall–Kier alpha value is -3.68. The predicted molar refractivity (Wildman–Crippen MR) is 97.3 cm³/mol. The fourth-order valence-electron chi connectivity index (χ4n) is 2.57. The van der Waals surface area contributed by atoms with E-state index in [1.165, 1.54) is 0 Å². The molecular formula is C19H17N5O3. The number of hydrogen-bond acceptors (Lipinski definition) is 7. The molecule has 0 fully saturated rings. The zero-order valence-corrected chi connectivity index (χ0v) is 14.4. The lowest BCUT2D eigenvalue weighted by Crippen LogP contribution is -2.24. The highest BCUT2D eigenvalue weighted by atomic mass is 16.7. The van der Waals surface area contributed by atoms with Crippen LogP contribution in [0.3, 0.4) is 0 Å². The molecule has 0 unspecified atom stereocenters. The number of ether oxygens (including phenoxy) is 2. The number of benzene rings is 1. The van der Waals surface area contributed by atoms with E-state index in [9.17, 15) is 4.79 Å². The van der Waals surface area contributed by atoms with Crippen molar-refractivity contribution in [2.75, 3.05) is 12.1 Å². The van der Waals surface area contributed by atoms with Gasteiger partial charge in [0.15, 0.2) is 11.5 Å². The number of nitrogens with zero attached hydrogens (tertiary/aromatic N) is 3. The first-order valence-electron chi connectivity index (χ1n) is 8.41. The van der Waals surface area contributed by atoms with E-state index in [2.05, 4.69) is 25.6 Å². The highest BCUT2D eigenvalue weighted by Crippen LogP contribution is 2.32. The molecule has 0 radical (unpaired) electrons. The number of fused-ring (bicyclic) bond motifs is 1. The Morgan fingerprint density at radius 1 is 1.00 bits per heavy atom. The van der Waals surface area contributed by atoms with Gasteiger partial charge in [-0.3, -0.25) is 9.78 Å². The normalized spacial score (nSPS) is 11.9. The summed E-state index contributed by atoms with van der Waals surface area (Å²) in [7, 11) is 0. The van der Waals surface area contributed by atoms with Crippen molar-refractivity contribution in [1.82, 2.24) is 20.3 Å². The summed E-state index contributed by atoms with van der Waals surface area (Å²) in [5.41, 5.74) is 2.06. The van der Waals surface area contributed by atoms with Crippen molar-refractivity contribution in [3.63, 3.8) is 0 Å². The molecule has 3 heterocycles. The first-order chi connectivity index (χ1) is 13.3. The smallest absolute Gasteiger partial charge is 0.270 e. The quantitative estimate of drug-likeness (QED) is 0.692. The molecular weight excluding hydrogens is 346 g/mol. The van der Waals surface area contributed by atoms with Crippen molar-refractivity contribution in [2.24, 2.45) is 0 Å². The van der Waals surface area contributed by atoms with Gasteiger partial charge in [0.25, 0.3) is 5.91 Å². The summed E-state index contributed by atoms with van der Waals surface area (Å²) in [5, 5.41) is 5.90. The predicted octanol–water partition coefficient (Wildman–Crippen LogP) is 2.14. The molecule has 8 heteroatoms. The van der Waals surface area contributed by atoms with E-state index in [-0.39, 0.29) is 18.4 Å². The number of pyridine rings is 1. The molecule has 2 aromatic heterocycles.